The highest BCUT2D eigenvalue weighted by molar-refractivity contribution is 5.77. The number of hydrogen-bond acceptors (Lipinski definition) is 4. The third kappa shape index (κ3) is 3.95. The molecule has 0 saturated heterocycles. The van der Waals surface area contributed by atoms with Crippen LogP contribution in [0.1, 0.15) is 18.3 Å². The Labute approximate surface area is 146 Å². The third-order valence-corrected chi connectivity index (χ3v) is 3.94. The second kappa shape index (κ2) is 8.05. The van der Waals surface area contributed by atoms with Crippen LogP contribution in [0.4, 0.5) is 0 Å². The van der Waals surface area contributed by atoms with Crippen molar-refractivity contribution < 1.29 is 9.47 Å². The summed E-state index contributed by atoms with van der Waals surface area (Å²) in [6.07, 6.45) is 0. The third-order valence-electron chi connectivity index (χ3n) is 3.94. The van der Waals surface area contributed by atoms with E-state index in [2.05, 4.69) is 4.98 Å². The fraction of sp³-hybridized carbons (Fsp3) is 0.300. The van der Waals surface area contributed by atoms with Crippen LogP contribution in [0.5, 0.6) is 0 Å². The van der Waals surface area contributed by atoms with Gasteiger partial charge in [0.05, 0.1) is 29.8 Å². The molecular weight excluding hydrogens is 316 g/mol. The highest BCUT2D eigenvalue weighted by Gasteiger charge is 2.12. The molecule has 0 bridgehead atoms. The van der Waals surface area contributed by atoms with Crippen LogP contribution in [-0.4, -0.2) is 29.4 Å². The Balaban J connectivity index is 2.01. The molecule has 3 aromatic rings. The van der Waals surface area contributed by atoms with Gasteiger partial charge in [0.1, 0.15) is 12.4 Å². The normalized spacial score (nSPS) is 11.1. The van der Waals surface area contributed by atoms with Crippen LogP contribution in [0.2, 0.25) is 0 Å². The van der Waals surface area contributed by atoms with Crippen molar-refractivity contribution >= 4 is 10.9 Å². The average molecular weight is 338 g/mol. The molecule has 25 heavy (non-hydrogen) atoms. The first-order valence-corrected chi connectivity index (χ1v) is 8.44. The van der Waals surface area contributed by atoms with Gasteiger partial charge in [-0.2, -0.15) is 0 Å². The molecule has 5 nitrogen and oxygen atoms in total. The minimum atomic E-state index is -0.0853. The van der Waals surface area contributed by atoms with Gasteiger partial charge in [0.2, 0.25) is 0 Å². The van der Waals surface area contributed by atoms with Crippen LogP contribution in [0.3, 0.4) is 0 Å². The fourth-order valence-corrected chi connectivity index (χ4v) is 2.66. The largest absolute Gasteiger partial charge is 0.379 e. The van der Waals surface area contributed by atoms with Crippen LogP contribution in [0.15, 0.2) is 53.3 Å². The maximum Gasteiger partial charge on any atom is 0.266 e. The Hall–Kier alpha value is -2.50. The van der Waals surface area contributed by atoms with Crippen molar-refractivity contribution in [2.24, 2.45) is 0 Å². The molecule has 0 saturated carbocycles. The summed E-state index contributed by atoms with van der Waals surface area (Å²) < 4.78 is 12.6. The van der Waals surface area contributed by atoms with Crippen molar-refractivity contribution in [1.29, 1.82) is 0 Å². The first kappa shape index (κ1) is 17.3. The summed E-state index contributed by atoms with van der Waals surface area (Å²) in [4.78, 5) is 17.7. The Morgan fingerprint density at radius 2 is 1.72 bits per heavy atom. The maximum absolute atomic E-state index is 13.0. The van der Waals surface area contributed by atoms with E-state index in [0.717, 1.165) is 11.3 Å². The second-order valence-corrected chi connectivity index (χ2v) is 5.77. The molecule has 0 atom stereocenters. The number of ether oxygens (including phenoxy) is 2. The molecule has 3 rings (SSSR count). The molecular formula is C20H22N2O3. The first-order valence-electron chi connectivity index (χ1n) is 8.44. The Morgan fingerprint density at radius 3 is 2.48 bits per heavy atom. The van der Waals surface area contributed by atoms with Crippen LogP contribution >= 0.6 is 0 Å². The van der Waals surface area contributed by atoms with Gasteiger partial charge in [-0.05, 0) is 38.1 Å². The standard InChI is InChI=1S/C20H22N2O3/c1-3-24-12-13-25-14-19-21-18-7-5-4-6-17(18)20(23)22(19)16-10-8-15(2)9-11-16/h4-11H,3,12-14H2,1-2H3. The molecule has 2 aromatic carbocycles. The molecule has 0 radical (unpaired) electrons. The lowest BCUT2D eigenvalue weighted by atomic mass is 10.2. The lowest BCUT2D eigenvalue weighted by molar-refractivity contribution is 0.0422. The lowest BCUT2D eigenvalue weighted by Crippen LogP contribution is -2.24. The molecule has 0 unspecified atom stereocenters. The summed E-state index contributed by atoms with van der Waals surface area (Å²) in [5.41, 5.74) is 2.52. The Kier molecular flexibility index (Phi) is 5.58. The SMILES string of the molecule is CCOCCOCc1nc2ccccc2c(=O)n1-c1ccc(C)cc1. The molecule has 0 fully saturated rings. The number of para-hydroxylation sites is 1. The van der Waals surface area contributed by atoms with Crippen molar-refractivity contribution in [2.75, 3.05) is 19.8 Å². The predicted molar refractivity (Wildman–Crippen MR) is 98.2 cm³/mol. The minimum absolute atomic E-state index is 0.0853. The van der Waals surface area contributed by atoms with Gasteiger partial charge in [-0.15, -0.1) is 0 Å². The fourth-order valence-electron chi connectivity index (χ4n) is 2.66. The molecule has 0 aliphatic heterocycles. The van der Waals surface area contributed by atoms with Gasteiger partial charge in [0.25, 0.3) is 5.56 Å². The zero-order chi connectivity index (χ0) is 17.6. The molecule has 130 valence electrons. The van der Waals surface area contributed by atoms with E-state index in [4.69, 9.17) is 9.47 Å². The minimum Gasteiger partial charge on any atom is -0.379 e. The van der Waals surface area contributed by atoms with Gasteiger partial charge in [-0.1, -0.05) is 29.8 Å². The second-order valence-electron chi connectivity index (χ2n) is 5.77. The van der Waals surface area contributed by atoms with E-state index in [1.165, 1.54) is 0 Å². The van der Waals surface area contributed by atoms with E-state index in [-0.39, 0.29) is 12.2 Å². The summed E-state index contributed by atoms with van der Waals surface area (Å²) in [7, 11) is 0. The van der Waals surface area contributed by atoms with Gasteiger partial charge in [0, 0.05) is 6.61 Å². The lowest BCUT2D eigenvalue weighted by Gasteiger charge is -2.14. The van der Waals surface area contributed by atoms with Gasteiger partial charge in [0.15, 0.2) is 0 Å². The van der Waals surface area contributed by atoms with Crippen molar-refractivity contribution in [1.82, 2.24) is 9.55 Å². The number of benzene rings is 2. The topological polar surface area (TPSA) is 53.4 Å². The summed E-state index contributed by atoms with van der Waals surface area (Å²) in [5.74, 6) is 0.587. The van der Waals surface area contributed by atoms with Gasteiger partial charge >= 0.3 is 0 Å². The van der Waals surface area contributed by atoms with Crippen LogP contribution in [-0.2, 0) is 16.1 Å². The molecule has 5 heteroatoms. The highest BCUT2D eigenvalue weighted by atomic mass is 16.5. The number of aromatic nitrogens is 2. The zero-order valence-corrected chi connectivity index (χ0v) is 14.6. The number of nitrogens with zero attached hydrogens (tertiary/aromatic N) is 2. The van der Waals surface area contributed by atoms with E-state index in [1.54, 1.807) is 10.6 Å². The predicted octanol–water partition coefficient (Wildman–Crippen LogP) is 3.25. The van der Waals surface area contributed by atoms with Crippen molar-refractivity contribution in [3.05, 3.63) is 70.3 Å². The number of aryl methyl sites for hydroxylation is 1. The van der Waals surface area contributed by atoms with Crippen molar-refractivity contribution in [2.45, 2.75) is 20.5 Å². The van der Waals surface area contributed by atoms with Gasteiger partial charge in [-0.3, -0.25) is 9.36 Å². The number of hydrogen-bond donors (Lipinski definition) is 0. The van der Waals surface area contributed by atoms with E-state index < -0.39 is 0 Å². The number of rotatable bonds is 7. The van der Waals surface area contributed by atoms with E-state index in [1.807, 2.05) is 56.3 Å². The van der Waals surface area contributed by atoms with E-state index in [0.29, 0.717) is 36.5 Å². The summed E-state index contributed by atoms with van der Waals surface area (Å²) >= 11 is 0. The van der Waals surface area contributed by atoms with Crippen molar-refractivity contribution in [3.8, 4) is 5.69 Å². The highest BCUT2D eigenvalue weighted by Crippen LogP contribution is 2.14. The number of fused-ring (bicyclic) bond motifs is 1. The molecule has 0 spiro atoms. The quantitative estimate of drug-likeness (QED) is 0.621. The maximum atomic E-state index is 13.0. The van der Waals surface area contributed by atoms with Gasteiger partial charge < -0.3 is 9.47 Å². The molecule has 0 N–H and O–H groups in total. The smallest absolute Gasteiger partial charge is 0.266 e. The van der Waals surface area contributed by atoms with Crippen LogP contribution in [0, 0.1) is 6.92 Å². The van der Waals surface area contributed by atoms with Crippen LogP contribution < -0.4 is 5.56 Å². The Morgan fingerprint density at radius 1 is 1.00 bits per heavy atom. The molecule has 0 aliphatic carbocycles. The summed E-state index contributed by atoms with van der Waals surface area (Å²) in [5, 5.41) is 0.598. The molecule has 0 amide bonds. The molecule has 0 aliphatic rings. The average Bonchev–Trinajstić information content (AvgIpc) is 2.63. The van der Waals surface area contributed by atoms with Gasteiger partial charge in [-0.25, -0.2) is 4.98 Å². The Bertz CT molecular complexity index is 901. The van der Waals surface area contributed by atoms with Crippen molar-refractivity contribution in [3.63, 3.8) is 0 Å². The van der Waals surface area contributed by atoms with E-state index >= 15 is 0 Å². The van der Waals surface area contributed by atoms with E-state index in [9.17, 15) is 4.79 Å². The first-order chi connectivity index (χ1) is 12.2. The monoisotopic (exact) mass is 338 g/mol. The summed E-state index contributed by atoms with van der Waals surface area (Å²) in [6, 6.07) is 15.2. The zero-order valence-electron chi connectivity index (χ0n) is 14.6. The summed E-state index contributed by atoms with van der Waals surface area (Å²) in [6.45, 7) is 5.86. The van der Waals surface area contributed by atoms with Crippen LogP contribution in [0.25, 0.3) is 16.6 Å². The molecule has 1 heterocycles. The molecule has 1 aromatic heterocycles.